The molecule has 3 rings (SSSR count). The van der Waals surface area contributed by atoms with Gasteiger partial charge in [0.15, 0.2) is 0 Å². The first-order valence-electron chi connectivity index (χ1n) is 10.1. The molecule has 31 heavy (non-hydrogen) atoms. The minimum Gasteiger partial charge on any atom is -0.287 e. The van der Waals surface area contributed by atoms with E-state index in [4.69, 9.17) is 5.26 Å². The minimum absolute atomic E-state index is 0.0948. The number of hydrogen-bond acceptors (Lipinski definition) is 5. The summed E-state index contributed by atoms with van der Waals surface area (Å²) in [4.78, 5) is 45.4. The van der Waals surface area contributed by atoms with Gasteiger partial charge in [0.1, 0.15) is 5.69 Å². The summed E-state index contributed by atoms with van der Waals surface area (Å²) in [6.07, 6.45) is 4.08. The number of aromatic amines is 1. The van der Waals surface area contributed by atoms with Gasteiger partial charge in [0.2, 0.25) is 5.78 Å². The largest absolute Gasteiger partial charge is 0.329 e. The Morgan fingerprint density at radius 2 is 1.87 bits per heavy atom. The van der Waals surface area contributed by atoms with Crippen molar-refractivity contribution in [1.82, 2.24) is 14.5 Å². The molecule has 0 aliphatic rings. The number of benzene rings is 1. The summed E-state index contributed by atoms with van der Waals surface area (Å²) < 4.78 is 1.33. The molecule has 7 heteroatoms. The third-order valence-electron chi connectivity index (χ3n) is 5.04. The first kappa shape index (κ1) is 21.9. The normalized spacial score (nSPS) is 10.8. The Morgan fingerprint density at radius 3 is 2.52 bits per heavy atom. The predicted octanol–water partition coefficient (Wildman–Crippen LogP) is 3.10. The monoisotopic (exact) mass is 416 g/mol. The zero-order chi connectivity index (χ0) is 22.5. The highest BCUT2D eigenvalue weighted by Gasteiger charge is 2.25. The van der Waals surface area contributed by atoms with Crippen molar-refractivity contribution >= 4 is 5.78 Å². The molecular formula is C24H24N4O3. The van der Waals surface area contributed by atoms with Gasteiger partial charge in [-0.2, -0.15) is 5.26 Å². The van der Waals surface area contributed by atoms with Gasteiger partial charge in [-0.25, -0.2) is 4.79 Å². The van der Waals surface area contributed by atoms with Crippen LogP contribution in [0.4, 0.5) is 0 Å². The molecule has 0 amide bonds. The predicted molar refractivity (Wildman–Crippen MR) is 117 cm³/mol. The van der Waals surface area contributed by atoms with E-state index in [2.05, 4.69) is 16.0 Å². The fourth-order valence-electron chi connectivity index (χ4n) is 3.66. The Labute approximate surface area is 180 Å². The molecule has 2 aromatic heterocycles. The number of nitriles is 1. The molecule has 0 aliphatic heterocycles. The number of aryl methyl sites for hydroxylation is 2. The smallest absolute Gasteiger partial charge is 0.287 e. The van der Waals surface area contributed by atoms with Crippen LogP contribution in [0.25, 0.3) is 0 Å². The number of nitrogens with zero attached hydrogens (tertiary/aromatic N) is 3. The molecule has 2 heterocycles. The van der Waals surface area contributed by atoms with E-state index in [1.165, 1.54) is 4.57 Å². The molecule has 158 valence electrons. The summed E-state index contributed by atoms with van der Waals surface area (Å²) in [6, 6.07) is 11.0. The van der Waals surface area contributed by atoms with Crippen molar-refractivity contribution < 1.29 is 4.79 Å². The van der Waals surface area contributed by atoms with Crippen LogP contribution >= 0.6 is 0 Å². The number of aromatic nitrogens is 3. The van der Waals surface area contributed by atoms with Crippen LogP contribution in [0.1, 0.15) is 64.5 Å². The summed E-state index contributed by atoms with van der Waals surface area (Å²) in [5.74, 6) is -0.655. The second-order valence-corrected chi connectivity index (χ2v) is 7.81. The third kappa shape index (κ3) is 4.86. The zero-order valence-corrected chi connectivity index (χ0v) is 17.8. The molecule has 0 spiro atoms. The van der Waals surface area contributed by atoms with Gasteiger partial charge >= 0.3 is 5.69 Å². The molecule has 0 saturated carbocycles. The molecule has 3 aromatic rings. The SMILES string of the molecule is Cc1cc(CCC#N)cc(C(=O)c2c(C(C)C)c(=O)[nH]c(=O)n2Cc2ccncc2)c1. The molecule has 0 fully saturated rings. The molecule has 0 atom stereocenters. The van der Waals surface area contributed by atoms with Gasteiger partial charge in [0.25, 0.3) is 5.56 Å². The molecule has 0 unspecified atom stereocenters. The van der Waals surface area contributed by atoms with Gasteiger partial charge < -0.3 is 0 Å². The van der Waals surface area contributed by atoms with Crippen LogP contribution < -0.4 is 11.2 Å². The van der Waals surface area contributed by atoms with Crippen molar-refractivity contribution in [3.63, 3.8) is 0 Å². The minimum atomic E-state index is -0.632. The van der Waals surface area contributed by atoms with Crippen LogP contribution in [-0.4, -0.2) is 20.3 Å². The summed E-state index contributed by atoms with van der Waals surface area (Å²) in [5, 5.41) is 8.89. The number of nitrogens with one attached hydrogen (secondary N) is 1. The second kappa shape index (κ2) is 9.35. The first-order chi connectivity index (χ1) is 14.8. The molecule has 1 N–H and O–H groups in total. The van der Waals surface area contributed by atoms with E-state index in [0.29, 0.717) is 18.4 Å². The number of pyridine rings is 1. The van der Waals surface area contributed by atoms with E-state index in [0.717, 1.165) is 16.7 Å². The lowest BCUT2D eigenvalue weighted by atomic mass is 9.94. The summed E-state index contributed by atoms with van der Waals surface area (Å²) >= 11 is 0. The quantitative estimate of drug-likeness (QED) is 0.595. The Balaban J connectivity index is 2.22. The molecule has 1 aromatic carbocycles. The number of H-pyrrole nitrogens is 1. The van der Waals surface area contributed by atoms with Crippen molar-refractivity contribution in [3.05, 3.63) is 97.1 Å². The molecule has 0 bridgehead atoms. The van der Waals surface area contributed by atoms with Gasteiger partial charge in [0.05, 0.1) is 12.6 Å². The van der Waals surface area contributed by atoms with Crippen molar-refractivity contribution in [2.45, 2.75) is 46.1 Å². The molecule has 7 nitrogen and oxygen atoms in total. The molecule has 0 aliphatic carbocycles. The highest BCUT2D eigenvalue weighted by Crippen LogP contribution is 2.21. The van der Waals surface area contributed by atoms with Crippen LogP contribution in [0.15, 0.2) is 52.3 Å². The van der Waals surface area contributed by atoms with Gasteiger partial charge in [0, 0.05) is 29.9 Å². The lowest BCUT2D eigenvalue weighted by Crippen LogP contribution is -2.38. The van der Waals surface area contributed by atoms with Crippen LogP contribution in [0.3, 0.4) is 0 Å². The number of carbonyl (C=O) groups is 1. The van der Waals surface area contributed by atoms with E-state index >= 15 is 0 Å². The fraction of sp³-hybridized carbons (Fsp3) is 0.292. The van der Waals surface area contributed by atoms with Crippen molar-refractivity contribution in [1.29, 1.82) is 5.26 Å². The van der Waals surface area contributed by atoms with Crippen LogP contribution in [0, 0.1) is 18.3 Å². The Kier molecular flexibility index (Phi) is 6.61. The van der Waals surface area contributed by atoms with Gasteiger partial charge in [-0.15, -0.1) is 0 Å². The van der Waals surface area contributed by atoms with Crippen LogP contribution in [-0.2, 0) is 13.0 Å². The maximum Gasteiger partial charge on any atom is 0.329 e. The molecular weight excluding hydrogens is 392 g/mol. The Hall–Kier alpha value is -3.79. The maximum absolute atomic E-state index is 13.7. The van der Waals surface area contributed by atoms with E-state index < -0.39 is 11.2 Å². The highest BCUT2D eigenvalue weighted by molar-refractivity contribution is 6.09. The molecule has 0 radical (unpaired) electrons. The number of carbonyl (C=O) groups excluding carboxylic acids is 1. The topological polar surface area (TPSA) is 109 Å². The number of ketones is 1. The zero-order valence-electron chi connectivity index (χ0n) is 17.8. The van der Waals surface area contributed by atoms with Crippen molar-refractivity contribution in [2.24, 2.45) is 0 Å². The fourth-order valence-corrected chi connectivity index (χ4v) is 3.66. The maximum atomic E-state index is 13.7. The first-order valence-corrected chi connectivity index (χ1v) is 10.1. The van der Waals surface area contributed by atoms with E-state index in [9.17, 15) is 14.4 Å². The summed E-state index contributed by atoms with van der Waals surface area (Å²) in [6.45, 7) is 5.64. The highest BCUT2D eigenvalue weighted by atomic mass is 16.2. The van der Waals surface area contributed by atoms with Gasteiger partial charge in [-0.05, 0) is 54.7 Å². The van der Waals surface area contributed by atoms with E-state index in [1.807, 2.05) is 26.8 Å². The van der Waals surface area contributed by atoms with E-state index in [-0.39, 0.29) is 29.5 Å². The molecule has 0 saturated heterocycles. The van der Waals surface area contributed by atoms with Crippen LogP contribution in [0.5, 0.6) is 0 Å². The lowest BCUT2D eigenvalue weighted by Gasteiger charge is -2.18. The number of hydrogen-bond donors (Lipinski definition) is 1. The van der Waals surface area contributed by atoms with E-state index in [1.54, 1.807) is 36.7 Å². The average molecular weight is 416 g/mol. The lowest BCUT2D eigenvalue weighted by molar-refractivity contribution is 0.102. The van der Waals surface area contributed by atoms with Crippen molar-refractivity contribution in [2.75, 3.05) is 0 Å². The number of rotatable bonds is 7. The second-order valence-electron chi connectivity index (χ2n) is 7.81. The summed E-state index contributed by atoms with van der Waals surface area (Å²) in [7, 11) is 0. The van der Waals surface area contributed by atoms with Gasteiger partial charge in [-0.3, -0.25) is 24.1 Å². The standard InChI is InChI=1S/C24H24N4O3/c1-15(2)20-21(22(29)19-12-16(3)11-18(13-19)5-4-8-25)28(24(31)27-23(20)30)14-17-6-9-26-10-7-17/h6-7,9-13,15H,4-5,14H2,1-3H3,(H,27,30,31). The third-order valence-corrected chi connectivity index (χ3v) is 5.04. The summed E-state index contributed by atoms with van der Waals surface area (Å²) in [5.41, 5.74) is 2.10. The Morgan fingerprint density at radius 1 is 1.16 bits per heavy atom. The van der Waals surface area contributed by atoms with Gasteiger partial charge in [-0.1, -0.05) is 25.5 Å². The van der Waals surface area contributed by atoms with Crippen LogP contribution in [0.2, 0.25) is 0 Å². The Bertz CT molecular complexity index is 1260. The van der Waals surface area contributed by atoms with Crippen molar-refractivity contribution in [3.8, 4) is 6.07 Å². The average Bonchev–Trinajstić information content (AvgIpc) is 2.73.